The second kappa shape index (κ2) is 7.92. The molecule has 0 aliphatic carbocycles. The smallest absolute Gasteiger partial charge is 0.158 e. The molecule has 0 atom stereocenters. The van der Waals surface area contributed by atoms with Gasteiger partial charge in [0.25, 0.3) is 0 Å². The molecule has 2 heterocycles. The van der Waals surface area contributed by atoms with E-state index >= 15 is 0 Å². The Hall–Kier alpha value is -3.39. The fourth-order valence-electron chi connectivity index (χ4n) is 2.99. The van der Waals surface area contributed by atoms with Gasteiger partial charge in [0.05, 0.1) is 0 Å². The van der Waals surface area contributed by atoms with E-state index in [-0.39, 0.29) is 5.82 Å². The molecule has 6 nitrogen and oxygen atoms in total. The highest BCUT2D eigenvalue weighted by atomic mass is 32.2. The summed E-state index contributed by atoms with van der Waals surface area (Å²) in [7, 11) is 0. The zero-order valence-corrected chi connectivity index (χ0v) is 16.6. The predicted octanol–water partition coefficient (Wildman–Crippen LogP) is 5.16. The molecule has 0 bridgehead atoms. The lowest BCUT2D eigenvalue weighted by Crippen LogP contribution is -2.01. The Labute approximate surface area is 171 Å². The first-order chi connectivity index (χ1) is 14.0. The fourth-order valence-corrected chi connectivity index (χ4v) is 3.67. The van der Waals surface area contributed by atoms with Gasteiger partial charge in [-0.05, 0) is 67.3 Å². The molecule has 0 aliphatic heterocycles. The molecule has 0 unspecified atom stereocenters. The molecule has 0 amide bonds. The van der Waals surface area contributed by atoms with Gasteiger partial charge in [0, 0.05) is 28.0 Å². The largest absolute Gasteiger partial charge is 0.338 e. The summed E-state index contributed by atoms with van der Waals surface area (Å²) in [6, 6.07) is 12.3. The molecule has 29 heavy (non-hydrogen) atoms. The van der Waals surface area contributed by atoms with Crippen LogP contribution in [0.2, 0.25) is 0 Å². The van der Waals surface area contributed by atoms with Crippen LogP contribution < -0.4 is 10.0 Å². The number of hydrogen-bond acceptors (Lipinski definition) is 6. The number of nitrogens with zero attached hydrogens (tertiary/aromatic N) is 3. The highest BCUT2D eigenvalue weighted by Crippen LogP contribution is 2.29. The molecule has 8 heteroatoms. The van der Waals surface area contributed by atoms with Gasteiger partial charge in [0.2, 0.25) is 0 Å². The first-order valence-electron chi connectivity index (χ1n) is 8.89. The number of halogens is 1. The molecule has 4 rings (SSSR count). The molecule has 0 aliphatic rings. The molecule has 0 saturated carbocycles. The van der Waals surface area contributed by atoms with Crippen LogP contribution in [0.25, 0.3) is 5.52 Å². The number of anilines is 3. The normalized spacial score (nSPS) is 10.9. The lowest BCUT2D eigenvalue weighted by atomic mass is 10.1. The van der Waals surface area contributed by atoms with E-state index in [1.54, 1.807) is 16.8 Å². The van der Waals surface area contributed by atoms with Crippen LogP contribution in [0.3, 0.4) is 0 Å². The van der Waals surface area contributed by atoms with Gasteiger partial charge in [-0.15, -0.1) is 0 Å². The second-order valence-electron chi connectivity index (χ2n) is 6.55. The van der Waals surface area contributed by atoms with E-state index in [1.165, 1.54) is 30.4 Å². The average Bonchev–Trinajstić information content (AvgIpc) is 3.05. The topological polar surface area (TPSA) is 71.3 Å². The number of benzene rings is 2. The van der Waals surface area contributed by atoms with Gasteiger partial charge >= 0.3 is 0 Å². The predicted molar refractivity (Wildman–Crippen MR) is 113 cm³/mol. The molecule has 146 valence electrons. The third-order valence-corrected chi connectivity index (χ3v) is 5.39. The second-order valence-corrected chi connectivity index (χ2v) is 7.42. The fraction of sp³-hybridized carbons (Fsp3) is 0.0952. The summed E-state index contributed by atoms with van der Waals surface area (Å²) in [5, 5.41) is 7.53. The number of carbonyl (C=O) groups excluding carboxylic acids is 1. The highest BCUT2D eigenvalue weighted by molar-refractivity contribution is 8.00. The lowest BCUT2D eigenvalue weighted by molar-refractivity contribution is 0.112. The van der Waals surface area contributed by atoms with Crippen molar-refractivity contribution in [3.8, 4) is 0 Å². The third-order valence-electron chi connectivity index (χ3n) is 4.57. The van der Waals surface area contributed by atoms with Gasteiger partial charge < -0.3 is 10.0 Å². The van der Waals surface area contributed by atoms with Gasteiger partial charge in [-0.3, -0.25) is 4.79 Å². The summed E-state index contributed by atoms with van der Waals surface area (Å²) in [6.45, 7) is 3.86. The quantitative estimate of drug-likeness (QED) is 0.340. The molecular weight excluding hydrogens is 389 g/mol. The minimum absolute atomic E-state index is 0.270. The minimum Gasteiger partial charge on any atom is -0.338 e. The summed E-state index contributed by atoms with van der Waals surface area (Å²) in [5.41, 5.74) is 4.90. The van der Waals surface area contributed by atoms with Crippen molar-refractivity contribution in [2.75, 3.05) is 10.0 Å². The van der Waals surface area contributed by atoms with E-state index in [0.717, 1.165) is 39.2 Å². The van der Waals surface area contributed by atoms with Gasteiger partial charge in [-0.2, -0.15) is 5.10 Å². The summed E-state index contributed by atoms with van der Waals surface area (Å²) in [5.74, 6) is 0.344. The SMILES string of the molecule is Cc1ccc(NSc2cccc(F)c2)cc1Nc1ncnn2cc(C=O)c(C)c12. The number of nitrogens with one attached hydrogen (secondary N) is 2. The molecule has 0 spiro atoms. The molecular formula is C21H18FN5OS. The molecule has 0 saturated heterocycles. The standard InChI is InChI=1S/C21H18FN5OS/c1-13-6-7-17(26-29-18-5-3-4-16(22)8-18)9-19(13)25-21-20-14(2)15(11-28)10-27(20)24-12-23-21/h3-12,26H,1-2H3,(H,23,24,25). The average molecular weight is 407 g/mol. The van der Waals surface area contributed by atoms with Crippen molar-refractivity contribution in [3.63, 3.8) is 0 Å². The van der Waals surface area contributed by atoms with Crippen molar-refractivity contribution in [2.45, 2.75) is 18.7 Å². The maximum absolute atomic E-state index is 13.4. The number of carbonyl (C=O) groups is 1. The van der Waals surface area contributed by atoms with E-state index in [2.05, 4.69) is 20.1 Å². The van der Waals surface area contributed by atoms with E-state index < -0.39 is 0 Å². The van der Waals surface area contributed by atoms with Crippen LogP contribution in [0.15, 0.2) is 59.9 Å². The molecule has 0 radical (unpaired) electrons. The van der Waals surface area contributed by atoms with E-state index in [9.17, 15) is 9.18 Å². The number of rotatable bonds is 6. The first kappa shape index (κ1) is 18.9. The molecule has 2 N–H and O–H groups in total. The summed E-state index contributed by atoms with van der Waals surface area (Å²) in [4.78, 5) is 16.4. The van der Waals surface area contributed by atoms with Gasteiger partial charge in [-0.1, -0.05) is 12.1 Å². The van der Waals surface area contributed by atoms with Crippen molar-refractivity contribution >= 4 is 40.9 Å². The summed E-state index contributed by atoms with van der Waals surface area (Å²) < 4.78 is 18.2. The molecule has 0 fully saturated rings. The van der Waals surface area contributed by atoms with Crippen molar-refractivity contribution < 1.29 is 9.18 Å². The number of fused-ring (bicyclic) bond motifs is 1. The Morgan fingerprint density at radius 3 is 2.83 bits per heavy atom. The van der Waals surface area contributed by atoms with Gasteiger partial charge in [-0.25, -0.2) is 13.9 Å². The summed E-state index contributed by atoms with van der Waals surface area (Å²) in [6.07, 6.45) is 3.94. The zero-order valence-electron chi connectivity index (χ0n) is 15.8. The Morgan fingerprint density at radius 2 is 2.03 bits per heavy atom. The molecule has 4 aromatic rings. The number of aromatic nitrogens is 3. The van der Waals surface area contributed by atoms with E-state index in [1.807, 2.05) is 38.1 Å². The Morgan fingerprint density at radius 1 is 1.17 bits per heavy atom. The van der Waals surface area contributed by atoms with Gasteiger partial charge in [0.15, 0.2) is 12.1 Å². The van der Waals surface area contributed by atoms with Crippen molar-refractivity contribution in [2.24, 2.45) is 0 Å². The number of aldehydes is 1. The molecule has 2 aromatic carbocycles. The van der Waals surface area contributed by atoms with Crippen molar-refractivity contribution in [1.82, 2.24) is 14.6 Å². The molecule has 2 aromatic heterocycles. The monoisotopic (exact) mass is 407 g/mol. The van der Waals surface area contributed by atoms with Crippen LogP contribution in [0.1, 0.15) is 21.5 Å². The van der Waals surface area contributed by atoms with Crippen LogP contribution in [0, 0.1) is 19.7 Å². The number of hydrogen-bond donors (Lipinski definition) is 2. The van der Waals surface area contributed by atoms with Crippen LogP contribution in [-0.4, -0.2) is 20.9 Å². The van der Waals surface area contributed by atoms with Crippen LogP contribution in [-0.2, 0) is 0 Å². The maximum atomic E-state index is 13.4. The first-order valence-corrected chi connectivity index (χ1v) is 9.71. The number of aryl methyl sites for hydroxylation is 2. The van der Waals surface area contributed by atoms with Crippen LogP contribution in [0.4, 0.5) is 21.6 Å². The lowest BCUT2D eigenvalue weighted by Gasteiger charge is -2.13. The zero-order chi connectivity index (χ0) is 20.4. The van der Waals surface area contributed by atoms with Crippen LogP contribution >= 0.6 is 11.9 Å². The Kier molecular flexibility index (Phi) is 5.18. The Bertz CT molecular complexity index is 1210. The summed E-state index contributed by atoms with van der Waals surface area (Å²) >= 11 is 1.33. The maximum Gasteiger partial charge on any atom is 0.158 e. The van der Waals surface area contributed by atoms with E-state index in [0.29, 0.717) is 11.4 Å². The van der Waals surface area contributed by atoms with Crippen molar-refractivity contribution in [3.05, 3.63) is 77.5 Å². The van der Waals surface area contributed by atoms with Gasteiger partial charge in [0.1, 0.15) is 17.7 Å². The van der Waals surface area contributed by atoms with Crippen molar-refractivity contribution in [1.29, 1.82) is 0 Å². The minimum atomic E-state index is -0.270. The highest BCUT2D eigenvalue weighted by Gasteiger charge is 2.13. The van der Waals surface area contributed by atoms with E-state index in [4.69, 9.17) is 0 Å². The Balaban J connectivity index is 1.61. The van der Waals surface area contributed by atoms with Crippen LogP contribution in [0.5, 0.6) is 0 Å². The third kappa shape index (κ3) is 3.93.